The second-order valence-electron chi connectivity index (χ2n) is 7.71. The van der Waals surface area contributed by atoms with Gasteiger partial charge in [0, 0.05) is 12.1 Å². The second-order valence-corrected chi connectivity index (χ2v) is 8.65. The van der Waals surface area contributed by atoms with Crippen LogP contribution in [-0.2, 0) is 0 Å². The van der Waals surface area contributed by atoms with Gasteiger partial charge in [-0.05, 0) is 36.4 Å². The summed E-state index contributed by atoms with van der Waals surface area (Å²) in [5.74, 6) is 1.16. The van der Waals surface area contributed by atoms with Crippen molar-refractivity contribution in [3.8, 4) is 16.5 Å². The number of methoxy groups -OCH3 is 1. The minimum absolute atomic E-state index is 0.0252. The molecule has 0 amide bonds. The van der Waals surface area contributed by atoms with E-state index in [4.69, 9.17) is 14.1 Å². The lowest BCUT2D eigenvalue weighted by Crippen LogP contribution is -2.30. The fourth-order valence-electron chi connectivity index (χ4n) is 4.36. The molecule has 154 valence electrons. The van der Waals surface area contributed by atoms with Gasteiger partial charge in [-0.2, -0.15) is 4.98 Å². The van der Waals surface area contributed by atoms with Crippen LogP contribution in [0, 0.1) is 0 Å². The number of rotatable bonds is 3. The first kappa shape index (κ1) is 19.1. The van der Waals surface area contributed by atoms with Crippen LogP contribution in [0.1, 0.15) is 44.6 Å². The van der Waals surface area contributed by atoms with Crippen molar-refractivity contribution in [2.24, 2.45) is 0 Å². The third-order valence-corrected chi connectivity index (χ3v) is 6.75. The molecule has 1 aliphatic rings. The highest BCUT2D eigenvalue weighted by molar-refractivity contribution is 7.13. The summed E-state index contributed by atoms with van der Waals surface area (Å²) in [6, 6.07) is 8.92. The van der Waals surface area contributed by atoms with Crippen molar-refractivity contribution in [1.29, 1.82) is 0 Å². The molecule has 4 aromatic rings. The lowest BCUT2D eigenvalue weighted by molar-refractivity contribution is 0.414. The molecule has 1 fully saturated rings. The zero-order valence-corrected chi connectivity index (χ0v) is 17.5. The average molecular weight is 423 g/mol. The van der Waals surface area contributed by atoms with Crippen molar-refractivity contribution in [3.63, 3.8) is 0 Å². The van der Waals surface area contributed by atoms with Gasteiger partial charge in [0.05, 0.1) is 17.4 Å². The van der Waals surface area contributed by atoms with E-state index in [0.717, 1.165) is 30.6 Å². The Bertz CT molecular complexity index is 1330. The summed E-state index contributed by atoms with van der Waals surface area (Å²) in [6.07, 6.45) is 6.34. The van der Waals surface area contributed by atoms with Crippen molar-refractivity contribution < 1.29 is 9.15 Å². The summed E-state index contributed by atoms with van der Waals surface area (Å²) in [5.41, 5.74) is -0.199. The molecule has 1 saturated carbocycles. The Morgan fingerprint density at radius 1 is 1.13 bits per heavy atom. The Labute approximate surface area is 176 Å². The average Bonchev–Trinajstić information content (AvgIpc) is 3.16. The first-order valence-electron chi connectivity index (χ1n) is 10.3. The largest absolute Gasteiger partial charge is 0.497 e. The summed E-state index contributed by atoms with van der Waals surface area (Å²) in [7, 11) is 1.55. The van der Waals surface area contributed by atoms with E-state index < -0.39 is 0 Å². The van der Waals surface area contributed by atoms with Gasteiger partial charge in [0.1, 0.15) is 11.3 Å². The summed E-state index contributed by atoms with van der Waals surface area (Å²) in [5, 5.41) is 2.35. The van der Waals surface area contributed by atoms with Crippen molar-refractivity contribution in [2.45, 2.75) is 44.6 Å². The fraction of sp³-hybridized carbons (Fsp3) is 0.348. The van der Waals surface area contributed by atoms with Gasteiger partial charge in [0.2, 0.25) is 11.1 Å². The highest BCUT2D eigenvalue weighted by Crippen LogP contribution is 2.32. The number of hydrogen-bond acceptors (Lipinski definition) is 6. The van der Waals surface area contributed by atoms with Crippen LogP contribution < -0.4 is 15.7 Å². The monoisotopic (exact) mass is 422 g/mol. The Hall–Kier alpha value is -2.93. The zero-order valence-electron chi connectivity index (χ0n) is 16.7. The number of fused-ring (bicyclic) bond motifs is 2. The van der Waals surface area contributed by atoms with Crippen LogP contribution in [0.4, 0.5) is 0 Å². The Morgan fingerprint density at radius 2 is 1.93 bits per heavy atom. The summed E-state index contributed by atoms with van der Waals surface area (Å²) < 4.78 is 13.0. The summed E-state index contributed by atoms with van der Waals surface area (Å²) >= 11 is 1.53. The lowest BCUT2D eigenvalue weighted by Gasteiger charge is -2.21. The Morgan fingerprint density at radius 3 is 2.63 bits per heavy atom. The van der Waals surface area contributed by atoms with Crippen LogP contribution in [0.15, 0.2) is 49.7 Å². The molecule has 3 heterocycles. The number of nitrogens with zero attached hydrogens (tertiary/aromatic N) is 2. The molecule has 30 heavy (non-hydrogen) atoms. The van der Waals surface area contributed by atoms with E-state index in [1.807, 2.05) is 17.5 Å². The molecule has 7 heteroatoms. The SMILES string of the molecule is COc1ccc2c(=O)c3c(=O)n(C4CCCCCC4)c(-c4cccs4)nc3oc2c1. The number of aromatic nitrogens is 2. The van der Waals surface area contributed by atoms with Crippen LogP contribution >= 0.6 is 11.3 Å². The maximum atomic E-state index is 13.7. The van der Waals surface area contributed by atoms with Crippen LogP contribution in [0.3, 0.4) is 0 Å². The van der Waals surface area contributed by atoms with E-state index in [1.165, 1.54) is 24.2 Å². The van der Waals surface area contributed by atoms with Crippen LogP contribution in [-0.4, -0.2) is 16.7 Å². The van der Waals surface area contributed by atoms with E-state index >= 15 is 0 Å². The van der Waals surface area contributed by atoms with Crippen LogP contribution in [0.2, 0.25) is 0 Å². The molecule has 1 aromatic carbocycles. The van der Waals surface area contributed by atoms with Gasteiger partial charge >= 0.3 is 0 Å². The van der Waals surface area contributed by atoms with Gasteiger partial charge < -0.3 is 9.15 Å². The van der Waals surface area contributed by atoms with Crippen LogP contribution in [0.5, 0.6) is 5.75 Å². The molecular formula is C23H22N2O4S. The van der Waals surface area contributed by atoms with Gasteiger partial charge in [0.15, 0.2) is 11.2 Å². The smallest absolute Gasteiger partial charge is 0.269 e. The predicted octanol–water partition coefficient (Wildman–Crippen LogP) is 5.14. The highest BCUT2D eigenvalue weighted by Gasteiger charge is 2.25. The second kappa shape index (κ2) is 7.72. The van der Waals surface area contributed by atoms with E-state index in [2.05, 4.69) is 0 Å². The molecule has 5 rings (SSSR count). The molecule has 0 atom stereocenters. The minimum atomic E-state index is -0.341. The van der Waals surface area contributed by atoms with Gasteiger partial charge in [-0.3, -0.25) is 14.2 Å². The molecule has 0 N–H and O–H groups in total. The molecule has 0 aliphatic heterocycles. The Balaban J connectivity index is 1.85. The third kappa shape index (κ3) is 3.13. The minimum Gasteiger partial charge on any atom is -0.497 e. The number of benzene rings is 1. The van der Waals surface area contributed by atoms with Crippen molar-refractivity contribution in [2.75, 3.05) is 7.11 Å². The molecule has 0 bridgehead atoms. The number of hydrogen-bond donors (Lipinski definition) is 0. The first-order valence-corrected chi connectivity index (χ1v) is 11.2. The van der Waals surface area contributed by atoms with E-state index in [-0.39, 0.29) is 28.1 Å². The van der Waals surface area contributed by atoms with E-state index in [9.17, 15) is 9.59 Å². The van der Waals surface area contributed by atoms with Crippen molar-refractivity contribution in [3.05, 3.63) is 56.3 Å². The van der Waals surface area contributed by atoms with Crippen LogP contribution in [0.25, 0.3) is 32.8 Å². The third-order valence-electron chi connectivity index (χ3n) is 5.88. The molecule has 0 saturated heterocycles. The van der Waals surface area contributed by atoms with Gasteiger partial charge in [-0.15, -0.1) is 11.3 Å². The molecule has 0 unspecified atom stereocenters. The summed E-state index contributed by atoms with van der Waals surface area (Å²) in [6.45, 7) is 0. The number of ether oxygens (including phenoxy) is 1. The Kier molecular flexibility index (Phi) is 4.90. The molecular weight excluding hydrogens is 400 g/mol. The predicted molar refractivity (Wildman–Crippen MR) is 119 cm³/mol. The quantitative estimate of drug-likeness (QED) is 0.338. The van der Waals surface area contributed by atoms with Gasteiger partial charge in [-0.25, -0.2) is 0 Å². The molecule has 6 nitrogen and oxygen atoms in total. The number of thiophene rings is 1. The fourth-order valence-corrected chi connectivity index (χ4v) is 5.07. The molecule has 1 aliphatic carbocycles. The van der Waals surface area contributed by atoms with E-state index in [1.54, 1.807) is 29.9 Å². The van der Waals surface area contributed by atoms with E-state index in [0.29, 0.717) is 22.5 Å². The highest BCUT2D eigenvalue weighted by atomic mass is 32.1. The zero-order chi connectivity index (χ0) is 20.7. The lowest BCUT2D eigenvalue weighted by atomic mass is 10.1. The standard InChI is InChI=1S/C23H22N2O4S/c1-28-15-10-11-16-17(13-15)29-22-19(20(16)26)23(27)25(14-7-4-2-3-5-8-14)21(24-22)18-9-6-12-30-18/h6,9-14H,2-5,7-8H2,1H3. The first-order chi connectivity index (χ1) is 14.7. The molecule has 0 radical (unpaired) electrons. The summed E-state index contributed by atoms with van der Waals surface area (Å²) in [4.78, 5) is 32.6. The maximum Gasteiger partial charge on any atom is 0.269 e. The topological polar surface area (TPSA) is 74.3 Å². The molecule has 0 spiro atoms. The van der Waals surface area contributed by atoms with Gasteiger partial charge in [-0.1, -0.05) is 31.7 Å². The van der Waals surface area contributed by atoms with Crippen molar-refractivity contribution in [1.82, 2.24) is 9.55 Å². The normalized spacial score (nSPS) is 15.5. The van der Waals surface area contributed by atoms with Gasteiger partial charge in [0.25, 0.3) is 5.56 Å². The maximum absolute atomic E-state index is 13.7. The van der Waals surface area contributed by atoms with Crippen molar-refractivity contribution >= 4 is 33.4 Å². The molecule has 3 aromatic heterocycles.